The Kier molecular flexibility index (Phi) is 4.36. The fraction of sp³-hybridized carbons (Fsp3) is 0.143. The van der Waals surface area contributed by atoms with Gasteiger partial charge in [-0.2, -0.15) is 0 Å². The lowest BCUT2D eigenvalue weighted by Gasteiger charge is -2.05. The Morgan fingerprint density at radius 1 is 1.11 bits per heavy atom. The molecule has 0 N–H and O–H groups in total. The van der Waals surface area contributed by atoms with Crippen LogP contribution in [0.15, 0.2) is 48.5 Å². The van der Waals surface area contributed by atoms with E-state index >= 15 is 0 Å². The third-order valence-corrected chi connectivity index (χ3v) is 2.74. The van der Waals surface area contributed by atoms with Crippen molar-refractivity contribution >= 4 is 17.3 Å². The summed E-state index contributed by atoms with van der Waals surface area (Å²) in [6.45, 7) is 0.456. The Labute approximate surface area is 115 Å². The zero-order valence-corrected chi connectivity index (χ0v) is 10.8. The average Bonchev–Trinajstić information content (AvgIpc) is 2.46. The highest BCUT2D eigenvalue weighted by atomic mass is 35.5. The summed E-state index contributed by atoms with van der Waals surface area (Å²) in [6.07, 6.45) is 0. The summed E-state index contributed by atoms with van der Waals surface area (Å²) in [5, 5.41) is 10.7. The number of benzene rings is 2. The molecule has 5 heteroatoms. The molecule has 0 aromatic heterocycles. The van der Waals surface area contributed by atoms with Gasteiger partial charge in [0.2, 0.25) is 0 Å². The normalized spacial score (nSPS) is 10.2. The number of ether oxygens (including phenoxy) is 1. The lowest BCUT2D eigenvalue weighted by Crippen LogP contribution is -1.97. The lowest BCUT2D eigenvalue weighted by molar-refractivity contribution is -0.384. The number of hydrogen-bond donors (Lipinski definition) is 0. The number of nitrogens with zero attached hydrogens (tertiary/aromatic N) is 1. The molecule has 0 atom stereocenters. The molecule has 0 heterocycles. The van der Waals surface area contributed by atoms with Crippen LogP contribution in [0.3, 0.4) is 0 Å². The number of hydrogen-bond acceptors (Lipinski definition) is 3. The second kappa shape index (κ2) is 6.20. The molecule has 0 aliphatic heterocycles. The van der Waals surface area contributed by atoms with Crippen molar-refractivity contribution in [2.24, 2.45) is 0 Å². The number of alkyl halides is 1. The van der Waals surface area contributed by atoms with Gasteiger partial charge >= 0.3 is 0 Å². The van der Waals surface area contributed by atoms with Crippen LogP contribution >= 0.6 is 11.6 Å². The molecule has 0 bridgehead atoms. The number of nitro benzene ring substituents is 1. The van der Waals surface area contributed by atoms with Gasteiger partial charge in [-0.1, -0.05) is 24.3 Å². The largest absolute Gasteiger partial charge is 0.492 e. The van der Waals surface area contributed by atoms with E-state index in [0.29, 0.717) is 12.5 Å². The molecule has 0 aliphatic rings. The molecule has 98 valence electrons. The summed E-state index contributed by atoms with van der Waals surface area (Å²) in [5.41, 5.74) is 1.79. The van der Waals surface area contributed by atoms with Gasteiger partial charge < -0.3 is 4.74 Å². The quantitative estimate of drug-likeness (QED) is 0.473. The molecule has 0 saturated heterocycles. The molecule has 2 aromatic rings. The zero-order chi connectivity index (χ0) is 13.7. The van der Waals surface area contributed by atoms with E-state index in [2.05, 4.69) is 0 Å². The maximum absolute atomic E-state index is 10.7. The molecule has 2 aromatic carbocycles. The summed E-state index contributed by atoms with van der Waals surface area (Å²) in [5.74, 6) is 1.17. The molecule has 0 spiro atoms. The van der Waals surface area contributed by atoms with Crippen molar-refractivity contribution in [2.45, 2.75) is 0 Å². The Morgan fingerprint density at radius 2 is 1.84 bits per heavy atom. The SMILES string of the molecule is O=[N+]([O-])c1cccc(-c2ccc(OCCCl)cc2)c1. The average molecular weight is 278 g/mol. The second-order valence-electron chi connectivity index (χ2n) is 3.87. The predicted octanol–water partition coefficient (Wildman–Crippen LogP) is 3.88. The van der Waals surface area contributed by atoms with Crippen molar-refractivity contribution < 1.29 is 9.66 Å². The molecule has 4 nitrogen and oxygen atoms in total. The first-order valence-corrected chi connectivity index (χ1v) is 6.28. The van der Waals surface area contributed by atoms with Gasteiger partial charge in [0.15, 0.2) is 0 Å². The van der Waals surface area contributed by atoms with Gasteiger partial charge in [0.25, 0.3) is 5.69 Å². The Morgan fingerprint density at radius 3 is 2.47 bits per heavy atom. The minimum Gasteiger partial charge on any atom is -0.492 e. The summed E-state index contributed by atoms with van der Waals surface area (Å²) >= 11 is 5.54. The lowest BCUT2D eigenvalue weighted by atomic mass is 10.1. The van der Waals surface area contributed by atoms with Crippen molar-refractivity contribution in [2.75, 3.05) is 12.5 Å². The molecule has 0 fully saturated rings. The fourth-order valence-corrected chi connectivity index (χ4v) is 1.78. The minimum atomic E-state index is -0.401. The Balaban J connectivity index is 2.22. The predicted molar refractivity (Wildman–Crippen MR) is 74.7 cm³/mol. The first-order chi connectivity index (χ1) is 9.20. The van der Waals surface area contributed by atoms with E-state index in [1.54, 1.807) is 12.1 Å². The topological polar surface area (TPSA) is 52.4 Å². The highest BCUT2D eigenvalue weighted by Gasteiger charge is 2.07. The van der Waals surface area contributed by atoms with Gasteiger partial charge in [-0.25, -0.2) is 0 Å². The summed E-state index contributed by atoms with van der Waals surface area (Å²) < 4.78 is 5.37. The van der Waals surface area contributed by atoms with Crippen LogP contribution < -0.4 is 4.74 Å². The van der Waals surface area contributed by atoms with Gasteiger partial charge in [-0.3, -0.25) is 10.1 Å². The van der Waals surface area contributed by atoms with Gasteiger partial charge in [-0.05, 0) is 23.3 Å². The third-order valence-electron chi connectivity index (χ3n) is 2.59. The molecule has 0 saturated carbocycles. The monoisotopic (exact) mass is 277 g/mol. The Hall–Kier alpha value is -2.07. The summed E-state index contributed by atoms with van der Waals surface area (Å²) in [7, 11) is 0. The van der Waals surface area contributed by atoms with E-state index < -0.39 is 4.92 Å². The van der Waals surface area contributed by atoms with Crippen LogP contribution in [0.25, 0.3) is 11.1 Å². The van der Waals surface area contributed by atoms with Crippen LogP contribution in [-0.2, 0) is 0 Å². The zero-order valence-electron chi connectivity index (χ0n) is 10.1. The van der Waals surface area contributed by atoms with Crippen molar-refractivity contribution in [1.29, 1.82) is 0 Å². The molecular formula is C14H12ClNO3. The van der Waals surface area contributed by atoms with E-state index in [-0.39, 0.29) is 5.69 Å². The first-order valence-electron chi connectivity index (χ1n) is 5.74. The summed E-state index contributed by atoms with van der Waals surface area (Å²) in [6, 6.07) is 13.9. The number of nitro groups is 1. The van der Waals surface area contributed by atoms with E-state index in [4.69, 9.17) is 16.3 Å². The molecule has 2 rings (SSSR count). The van der Waals surface area contributed by atoms with Crippen LogP contribution in [0, 0.1) is 10.1 Å². The van der Waals surface area contributed by atoms with E-state index in [0.717, 1.165) is 16.9 Å². The molecule has 19 heavy (non-hydrogen) atoms. The van der Waals surface area contributed by atoms with Gasteiger partial charge in [0.1, 0.15) is 12.4 Å². The highest BCUT2D eigenvalue weighted by molar-refractivity contribution is 6.18. The fourth-order valence-electron chi connectivity index (χ4n) is 1.70. The number of halogens is 1. The summed E-state index contributed by atoms with van der Waals surface area (Å²) in [4.78, 5) is 10.3. The third kappa shape index (κ3) is 3.45. The molecule has 0 radical (unpaired) electrons. The van der Waals surface area contributed by atoms with Crippen molar-refractivity contribution in [3.8, 4) is 16.9 Å². The molecular weight excluding hydrogens is 266 g/mol. The highest BCUT2D eigenvalue weighted by Crippen LogP contribution is 2.25. The van der Waals surface area contributed by atoms with Crippen molar-refractivity contribution in [3.63, 3.8) is 0 Å². The maximum Gasteiger partial charge on any atom is 0.270 e. The Bertz CT molecular complexity index is 569. The molecule has 0 amide bonds. The standard InChI is InChI=1S/C14H12ClNO3/c15-8-9-19-14-6-4-11(5-7-14)12-2-1-3-13(10-12)16(17)18/h1-7,10H,8-9H2. The molecule has 0 unspecified atom stereocenters. The number of rotatable bonds is 5. The molecule has 0 aliphatic carbocycles. The smallest absolute Gasteiger partial charge is 0.270 e. The second-order valence-corrected chi connectivity index (χ2v) is 4.25. The van der Waals surface area contributed by atoms with Crippen LogP contribution in [0.4, 0.5) is 5.69 Å². The van der Waals surface area contributed by atoms with Crippen LogP contribution in [0.1, 0.15) is 0 Å². The minimum absolute atomic E-state index is 0.0833. The van der Waals surface area contributed by atoms with Crippen molar-refractivity contribution in [3.05, 3.63) is 58.6 Å². The van der Waals surface area contributed by atoms with Crippen LogP contribution in [0.2, 0.25) is 0 Å². The van der Waals surface area contributed by atoms with Crippen LogP contribution in [-0.4, -0.2) is 17.4 Å². The van der Waals surface area contributed by atoms with E-state index in [9.17, 15) is 10.1 Å². The maximum atomic E-state index is 10.7. The van der Waals surface area contributed by atoms with Gasteiger partial charge in [-0.15, -0.1) is 11.6 Å². The van der Waals surface area contributed by atoms with E-state index in [1.165, 1.54) is 6.07 Å². The van der Waals surface area contributed by atoms with Gasteiger partial charge in [0.05, 0.1) is 10.8 Å². The van der Waals surface area contributed by atoms with Crippen LogP contribution in [0.5, 0.6) is 5.75 Å². The first kappa shape index (κ1) is 13.4. The van der Waals surface area contributed by atoms with Crippen molar-refractivity contribution in [1.82, 2.24) is 0 Å². The van der Waals surface area contributed by atoms with E-state index in [1.807, 2.05) is 30.3 Å². The van der Waals surface area contributed by atoms with Gasteiger partial charge in [0, 0.05) is 12.1 Å². The number of non-ortho nitro benzene ring substituents is 1.